The van der Waals surface area contributed by atoms with Gasteiger partial charge < -0.3 is 9.80 Å². The second kappa shape index (κ2) is 8.09. The van der Waals surface area contributed by atoms with Crippen LogP contribution >= 0.6 is 0 Å². The third kappa shape index (κ3) is 4.00. The topological polar surface area (TPSA) is 69.7 Å². The summed E-state index contributed by atoms with van der Waals surface area (Å²) in [4.78, 5) is 16.6. The molecule has 1 unspecified atom stereocenters. The maximum atomic E-state index is 13.1. The van der Waals surface area contributed by atoms with Gasteiger partial charge in [-0.3, -0.25) is 4.79 Å². The second-order valence-electron chi connectivity index (χ2n) is 7.75. The first kappa shape index (κ1) is 20.6. The quantitative estimate of drug-likeness (QED) is 0.805. The molecule has 0 radical (unpaired) electrons. The molecule has 1 atom stereocenters. The minimum Gasteiger partial charge on any atom is -0.377 e. The Hall–Kier alpha value is -2.12. The first-order chi connectivity index (χ1) is 13.2. The van der Waals surface area contributed by atoms with Crippen molar-refractivity contribution < 1.29 is 13.2 Å². The van der Waals surface area contributed by atoms with Crippen molar-refractivity contribution >= 4 is 32.4 Å². The molecule has 1 aliphatic carbocycles. The zero-order valence-electron chi connectivity index (χ0n) is 17.0. The molecule has 7 heteroatoms. The summed E-state index contributed by atoms with van der Waals surface area (Å²) < 4.78 is 28.8. The Morgan fingerprint density at radius 3 is 2.29 bits per heavy atom. The molecule has 0 aromatic heterocycles. The van der Waals surface area contributed by atoms with Crippen LogP contribution in [0.1, 0.15) is 32.6 Å². The number of amides is 1. The third-order valence-electron chi connectivity index (χ3n) is 5.55. The van der Waals surface area contributed by atoms with Gasteiger partial charge in [-0.15, -0.1) is 0 Å². The normalized spacial score (nSPS) is 16.3. The molecule has 0 saturated heterocycles. The highest BCUT2D eigenvalue weighted by molar-refractivity contribution is 7.89. The lowest BCUT2D eigenvalue weighted by Crippen LogP contribution is -2.48. The lowest BCUT2D eigenvalue weighted by Gasteiger charge is -2.27. The van der Waals surface area contributed by atoms with Crippen LogP contribution in [0.2, 0.25) is 0 Å². The van der Waals surface area contributed by atoms with E-state index in [0.717, 1.165) is 36.8 Å². The summed E-state index contributed by atoms with van der Waals surface area (Å²) in [5.41, 5.74) is 0.944. The van der Waals surface area contributed by atoms with Crippen molar-refractivity contribution in [2.75, 3.05) is 26.0 Å². The standard InChI is InChI=1S/C21H29N3O3S/c1-15(21(25)24(4)16-9-5-6-10-16)22-28(26,27)20-14-8-11-17-18(20)12-7-13-19(17)23(2)3/h7-8,11-16,22H,5-6,9-10H2,1-4H3. The minimum absolute atomic E-state index is 0.190. The Balaban J connectivity index is 1.88. The van der Waals surface area contributed by atoms with Gasteiger partial charge in [-0.1, -0.05) is 37.1 Å². The Morgan fingerprint density at radius 1 is 1.04 bits per heavy atom. The highest BCUT2D eigenvalue weighted by Crippen LogP contribution is 2.30. The predicted molar refractivity (Wildman–Crippen MR) is 113 cm³/mol. The smallest absolute Gasteiger partial charge is 0.241 e. The van der Waals surface area contributed by atoms with Crippen LogP contribution in [0.4, 0.5) is 5.69 Å². The zero-order chi connectivity index (χ0) is 20.5. The Kier molecular flexibility index (Phi) is 5.95. The number of nitrogens with zero attached hydrogens (tertiary/aromatic N) is 2. The van der Waals surface area contributed by atoms with Crippen LogP contribution < -0.4 is 9.62 Å². The lowest BCUT2D eigenvalue weighted by atomic mass is 10.1. The number of rotatable bonds is 6. The average Bonchev–Trinajstić information content (AvgIpc) is 3.20. The van der Waals surface area contributed by atoms with Crippen molar-refractivity contribution in [2.24, 2.45) is 0 Å². The molecule has 152 valence electrons. The number of carbonyl (C=O) groups is 1. The number of fused-ring (bicyclic) bond motifs is 1. The van der Waals surface area contributed by atoms with Gasteiger partial charge in [-0.2, -0.15) is 4.72 Å². The molecule has 1 aliphatic rings. The van der Waals surface area contributed by atoms with Gasteiger partial charge in [0.05, 0.1) is 10.9 Å². The fraction of sp³-hybridized carbons (Fsp3) is 0.476. The molecule has 6 nitrogen and oxygen atoms in total. The summed E-state index contributed by atoms with van der Waals surface area (Å²) in [5, 5.41) is 1.50. The summed E-state index contributed by atoms with van der Waals surface area (Å²) in [6.45, 7) is 1.61. The molecular formula is C21H29N3O3S. The van der Waals surface area contributed by atoms with Gasteiger partial charge in [0.1, 0.15) is 0 Å². The molecule has 28 heavy (non-hydrogen) atoms. The maximum Gasteiger partial charge on any atom is 0.241 e. The fourth-order valence-electron chi connectivity index (χ4n) is 4.01. The molecule has 2 aromatic rings. The molecule has 1 fully saturated rings. The molecule has 0 bridgehead atoms. The largest absolute Gasteiger partial charge is 0.377 e. The van der Waals surface area contributed by atoms with Gasteiger partial charge in [0.15, 0.2) is 0 Å². The van der Waals surface area contributed by atoms with E-state index in [1.54, 1.807) is 37.1 Å². The van der Waals surface area contributed by atoms with Crippen molar-refractivity contribution in [1.82, 2.24) is 9.62 Å². The van der Waals surface area contributed by atoms with E-state index in [9.17, 15) is 13.2 Å². The monoisotopic (exact) mass is 403 g/mol. The number of likely N-dealkylation sites (N-methyl/N-ethyl adjacent to an activating group) is 1. The fourth-order valence-corrected chi connectivity index (χ4v) is 5.43. The zero-order valence-corrected chi connectivity index (χ0v) is 17.8. The Morgan fingerprint density at radius 2 is 1.64 bits per heavy atom. The summed E-state index contributed by atoms with van der Waals surface area (Å²) in [6.07, 6.45) is 4.20. The molecule has 0 heterocycles. The van der Waals surface area contributed by atoms with E-state index in [0.29, 0.717) is 5.39 Å². The van der Waals surface area contributed by atoms with Crippen molar-refractivity contribution in [3.8, 4) is 0 Å². The molecule has 2 aromatic carbocycles. The van der Waals surface area contributed by atoms with Crippen LogP contribution in [0.3, 0.4) is 0 Å². The van der Waals surface area contributed by atoms with Crippen molar-refractivity contribution in [1.29, 1.82) is 0 Å². The number of carbonyl (C=O) groups excluding carboxylic acids is 1. The molecule has 1 amide bonds. The van der Waals surface area contributed by atoms with Crippen LogP contribution in [0.25, 0.3) is 10.8 Å². The van der Waals surface area contributed by atoms with Crippen molar-refractivity contribution in [3.05, 3.63) is 36.4 Å². The Bertz CT molecular complexity index is 966. The molecule has 0 spiro atoms. The highest BCUT2D eigenvalue weighted by Gasteiger charge is 2.30. The average molecular weight is 404 g/mol. The lowest BCUT2D eigenvalue weighted by molar-refractivity contribution is -0.133. The van der Waals surface area contributed by atoms with Crippen LogP contribution in [-0.4, -0.2) is 52.5 Å². The van der Waals surface area contributed by atoms with Crippen LogP contribution in [0.5, 0.6) is 0 Å². The summed E-state index contributed by atoms with van der Waals surface area (Å²) in [7, 11) is 1.77. The van der Waals surface area contributed by atoms with Crippen LogP contribution in [-0.2, 0) is 14.8 Å². The molecule has 1 saturated carbocycles. The SMILES string of the molecule is CC(NS(=O)(=O)c1cccc2c(N(C)C)cccc12)C(=O)N(C)C1CCCC1. The molecule has 1 N–H and O–H groups in total. The van der Waals surface area contributed by atoms with Gasteiger partial charge in [0.25, 0.3) is 0 Å². The first-order valence-corrected chi connectivity index (χ1v) is 11.2. The van der Waals surface area contributed by atoms with Gasteiger partial charge in [-0.05, 0) is 31.9 Å². The van der Waals surface area contributed by atoms with E-state index >= 15 is 0 Å². The number of anilines is 1. The van der Waals surface area contributed by atoms with E-state index in [1.165, 1.54) is 0 Å². The van der Waals surface area contributed by atoms with Crippen LogP contribution in [0.15, 0.2) is 41.3 Å². The summed E-state index contributed by atoms with van der Waals surface area (Å²) in [5.74, 6) is -0.190. The molecule has 3 rings (SSSR count). The second-order valence-corrected chi connectivity index (χ2v) is 9.44. The predicted octanol–water partition coefficient (Wildman–Crippen LogP) is 2.97. The first-order valence-electron chi connectivity index (χ1n) is 9.70. The minimum atomic E-state index is -3.85. The van der Waals surface area contributed by atoms with E-state index in [1.807, 2.05) is 37.2 Å². The number of sulfonamides is 1. The number of nitrogens with one attached hydrogen (secondary N) is 1. The van der Waals surface area contributed by atoms with E-state index in [2.05, 4.69) is 4.72 Å². The summed E-state index contributed by atoms with van der Waals surface area (Å²) in [6, 6.07) is 10.2. The van der Waals surface area contributed by atoms with Crippen molar-refractivity contribution in [3.63, 3.8) is 0 Å². The van der Waals surface area contributed by atoms with E-state index < -0.39 is 16.1 Å². The highest BCUT2D eigenvalue weighted by atomic mass is 32.2. The Labute approximate surface area is 167 Å². The number of hydrogen-bond donors (Lipinski definition) is 1. The molecular weight excluding hydrogens is 374 g/mol. The molecule has 0 aliphatic heterocycles. The third-order valence-corrected chi connectivity index (χ3v) is 7.15. The number of hydrogen-bond acceptors (Lipinski definition) is 4. The van der Waals surface area contributed by atoms with Crippen LogP contribution in [0, 0.1) is 0 Å². The van der Waals surface area contributed by atoms with E-state index in [4.69, 9.17) is 0 Å². The number of benzene rings is 2. The van der Waals surface area contributed by atoms with Gasteiger partial charge in [0.2, 0.25) is 15.9 Å². The van der Waals surface area contributed by atoms with E-state index in [-0.39, 0.29) is 16.8 Å². The van der Waals surface area contributed by atoms with Gasteiger partial charge >= 0.3 is 0 Å². The van der Waals surface area contributed by atoms with Gasteiger partial charge in [-0.25, -0.2) is 8.42 Å². The van der Waals surface area contributed by atoms with Gasteiger partial charge in [0, 0.05) is 43.6 Å². The summed E-state index contributed by atoms with van der Waals surface area (Å²) >= 11 is 0. The van der Waals surface area contributed by atoms with Crippen molar-refractivity contribution in [2.45, 2.75) is 49.6 Å². The maximum absolute atomic E-state index is 13.1.